The minimum absolute atomic E-state index is 0.231. The maximum atomic E-state index is 10.8. The molecule has 2 N–H and O–H groups in total. The minimum Gasteiger partial charge on any atom is -0.473 e. The summed E-state index contributed by atoms with van der Waals surface area (Å²) in [5.74, 6) is 0. The molecule has 2 heterocycles. The highest BCUT2D eigenvalue weighted by molar-refractivity contribution is 8.27. The fourth-order valence-electron chi connectivity index (χ4n) is 1.89. The second kappa shape index (κ2) is 3.18. The van der Waals surface area contributed by atoms with E-state index in [-0.39, 0.29) is 5.37 Å². The third kappa shape index (κ3) is 1.41. The highest BCUT2D eigenvalue weighted by Crippen LogP contribution is 2.32. The van der Waals surface area contributed by atoms with E-state index in [1.165, 1.54) is 12.8 Å². The van der Waals surface area contributed by atoms with E-state index in [0.29, 0.717) is 6.04 Å². The molecule has 12 heavy (non-hydrogen) atoms. The zero-order valence-corrected chi connectivity index (χ0v) is 7.64. The standard InChI is InChI=1S/C8H13NO2S/c10-8(11)12-5-4-6-2-1-3-7(12)9-6/h5-7,9H,1-4H2,(H,10,11). The van der Waals surface area contributed by atoms with E-state index in [4.69, 9.17) is 5.11 Å². The average Bonchev–Trinajstić information content (AvgIpc) is 2.04. The molecule has 3 nitrogen and oxygen atoms in total. The van der Waals surface area contributed by atoms with Crippen molar-refractivity contribution in [3.8, 4) is 0 Å². The van der Waals surface area contributed by atoms with Crippen LogP contribution in [0.2, 0.25) is 0 Å². The van der Waals surface area contributed by atoms with Gasteiger partial charge in [-0.15, -0.1) is 0 Å². The largest absolute Gasteiger partial charge is 0.473 e. The van der Waals surface area contributed by atoms with Gasteiger partial charge in [0, 0.05) is 6.04 Å². The van der Waals surface area contributed by atoms with Crippen LogP contribution in [0.4, 0.5) is 4.79 Å². The number of hydrogen-bond acceptors (Lipinski definition) is 2. The van der Waals surface area contributed by atoms with Gasteiger partial charge in [0.1, 0.15) is 0 Å². The van der Waals surface area contributed by atoms with Gasteiger partial charge in [-0.2, -0.15) is 0 Å². The van der Waals surface area contributed by atoms with Crippen LogP contribution in [0.25, 0.3) is 0 Å². The van der Waals surface area contributed by atoms with Crippen LogP contribution in [-0.2, 0) is 0 Å². The van der Waals surface area contributed by atoms with Crippen molar-refractivity contribution in [3.63, 3.8) is 0 Å². The molecule has 1 saturated heterocycles. The average molecular weight is 187 g/mol. The first-order valence-corrected chi connectivity index (χ1v) is 5.66. The molecule has 2 rings (SSSR count). The molecule has 1 fully saturated rings. The molecule has 0 aliphatic carbocycles. The Morgan fingerprint density at radius 2 is 2.42 bits per heavy atom. The van der Waals surface area contributed by atoms with Gasteiger partial charge in [-0.3, -0.25) is 0 Å². The Labute approximate surface area is 74.1 Å². The molecule has 0 aromatic heterocycles. The smallest absolute Gasteiger partial charge is 0.360 e. The zero-order chi connectivity index (χ0) is 8.55. The van der Waals surface area contributed by atoms with Crippen LogP contribution in [0.15, 0.2) is 0 Å². The summed E-state index contributed by atoms with van der Waals surface area (Å²) in [7, 11) is -0.523. The number of carboxylic acid groups (broad SMARTS) is 1. The van der Waals surface area contributed by atoms with Crippen molar-refractivity contribution in [1.29, 1.82) is 0 Å². The van der Waals surface area contributed by atoms with Crippen molar-refractivity contribution in [3.05, 3.63) is 0 Å². The number of fused-ring (bicyclic) bond motifs is 2. The topological polar surface area (TPSA) is 49.3 Å². The molecule has 3 unspecified atom stereocenters. The Kier molecular flexibility index (Phi) is 2.19. The Morgan fingerprint density at radius 1 is 1.58 bits per heavy atom. The first-order valence-electron chi connectivity index (χ1n) is 4.31. The molecular weight excluding hydrogens is 174 g/mol. The van der Waals surface area contributed by atoms with Gasteiger partial charge in [-0.1, -0.05) is 10.5 Å². The lowest BCUT2D eigenvalue weighted by Gasteiger charge is -2.35. The van der Waals surface area contributed by atoms with Crippen molar-refractivity contribution < 1.29 is 9.90 Å². The van der Waals surface area contributed by atoms with E-state index in [2.05, 4.69) is 5.32 Å². The molecule has 0 saturated carbocycles. The lowest BCUT2D eigenvalue weighted by molar-refractivity contribution is 0.221. The van der Waals surface area contributed by atoms with Crippen LogP contribution in [0, 0.1) is 0 Å². The maximum absolute atomic E-state index is 10.8. The lowest BCUT2D eigenvalue weighted by atomic mass is 10.0. The third-order valence-electron chi connectivity index (χ3n) is 2.51. The molecule has 3 atom stereocenters. The summed E-state index contributed by atoms with van der Waals surface area (Å²) >= 11 is 0. The van der Waals surface area contributed by atoms with Crippen LogP contribution in [-0.4, -0.2) is 27.2 Å². The predicted molar refractivity (Wildman–Crippen MR) is 50.9 cm³/mol. The van der Waals surface area contributed by atoms with Crippen molar-refractivity contribution in [2.24, 2.45) is 0 Å². The Hall–Kier alpha value is -0.350. The van der Waals surface area contributed by atoms with Crippen molar-refractivity contribution >= 4 is 21.2 Å². The molecule has 2 bridgehead atoms. The van der Waals surface area contributed by atoms with Crippen LogP contribution in [0.5, 0.6) is 0 Å². The maximum Gasteiger partial charge on any atom is 0.360 e. The second-order valence-electron chi connectivity index (χ2n) is 3.32. The molecule has 0 spiro atoms. The SMILES string of the molecule is O=C(O)S1=CCC2CCCC1N2. The fraction of sp³-hybridized carbons (Fsp3) is 0.750. The summed E-state index contributed by atoms with van der Waals surface area (Å²) in [6.45, 7) is 0. The number of nitrogens with one attached hydrogen (secondary N) is 1. The van der Waals surface area contributed by atoms with Gasteiger partial charge in [-0.05, 0) is 31.1 Å². The van der Waals surface area contributed by atoms with E-state index >= 15 is 0 Å². The van der Waals surface area contributed by atoms with E-state index in [1.54, 1.807) is 0 Å². The van der Waals surface area contributed by atoms with Gasteiger partial charge < -0.3 is 10.4 Å². The number of hydrogen-bond donors (Lipinski definition) is 2. The minimum atomic E-state index is -0.646. The fourth-order valence-corrected chi connectivity index (χ4v) is 3.71. The molecule has 0 aromatic carbocycles. The van der Waals surface area contributed by atoms with E-state index in [0.717, 1.165) is 12.8 Å². The van der Waals surface area contributed by atoms with E-state index in [9.17, 15) is 4.79 Å². The van der Waals surface area contributed by atoms with Crippen LogP contribution in [0.3, 0.4) is 0 Å². The Morgan fingerprint density at radius 3 is 3.17 bits per heavy atom. The van der Waals surface area contributed by atoms with Crippen molar-refractivity contribution in [2.75, 3.05) is 0 Å². The summed E-state index contributed by atoms with van der Waals surface area (Å²) in [6.07, 6.45) is 4.37. The normalized spacial score (nSPS) is 40.2. The van der Waals surface area contributed by atoms with Gasteiger partial charge in [0.25, 0.3) is 0 Å². The summed E-state index contributed by atoms with van der Waals surface area (Å²) in [5.41, 5.74) is 0. The predicted octanol–water partition coefficient (Wildman–Crippen LogP) is 1.61. The van der Waals surface area contributed by atoms with Gasteiger partial charge in [-0.25, -0.2) is 4.79 Å². The molecule has 0 amide bonds. The molecule has 68 valence electrons. The lowest BCUT2D eigenvalue weighted by Crippen LogP contribution is -2.45. The van der Waals surface area contributed by atoms with E-state index in [1.807, 2.05) is 5.37 Å². The van der Waals surface area contributed by atoms with Gasteiger partial charge in [0.15, 0.2) is 0 Å². The van der Waals surface area contributed by atoms with Crippen LogP contribution in [0.1, 0.15) is 25.7 Å². The van der Waals surface area contributed by atoms with Gasteiger partial charge in [0.05, 0.1) is 5.37 Å². The summed E-state index contributed by atoms with van der Waals surface area (Å²) in [6, 6.07) is 0.562. The summed E-state index contributed by atoms with van der Waals surface area (Å²) in [4.78, 5) is 10.8. The van der Waals surface area contributed by atoms with Gasteiger partial charge in [0.2, 0.25) is 0 Å². The highest BCUT2D eigenvalue weighted by atomic mass is 32.2. The molecule has 2 aliphatic heterocycles. The van der Waals surface area contributed by atoms with Crippen LogP contribution >= 0.6 is 10.5 Å². The van der Waals surface area contributed by atoms with Gasteiger partial charge >= 0.3 is 5.30 Å². The number of carbonyl (C=O) groups is 1. The zero-order valence-electron chi connectivity index (χ0n) is 6.82. The Bertz CT molecular complexity index is 239. The van der Waals surface area contributed by atoms with E-state index < -0.39 is 15.8 Å². The molecular formula is C8H13NO2S. The van der Waals surface area contributed by atoms with Crippen molar-refractivity contribution in [2.45, 2.75) is 37.1 Å². The summed E-state index contributed by atoms with van der Waals surface area (Å²) < 4.78 is 0. The Balaban J connectivity index is 2.19. The molecule has 4 heteroatoms. The molecule has 2 aliphatic rings. The van der Waals surface area contributed by atoms with Crippen LogP contribution < -0.4 is 5.32 Å². The first kappa shape index (κ1) is 8.26. The van der Waals surface area contributed by atoms with Crippen molar-refractivity contribution in [1.82, 2.24) is 5.32 Å². The quantitative estimate of drug-likeness (QED) is 0.566. The number of rotatable bonds is 0. The third-order valence-corrected chi connectivity index (χ3v) is 4.45. The first-order chi connectivity index (χ1) is 5.77. The molecule has 0 radical (unpaired) electrons. The number of piperidine rings is 1. The second-order valence-corrected chi connectivity index (χ2v) is 5.32. The summed E-state index contributed by atoms with van der Waals surface area (Å²) in [5, 5.41) is 13.9. The highest BCUT2D eigenvalue weighted by Gasteiger charge is 2.29. The monoisotopic (exact) mass is 187 g/mol. The molecule has 0 aromatic rings.